The summed E-state index contributed by atoms with van der Waals surface area (Å²) in [7, 11) is 3.53. The molecule has 1 atom stereocenters. The van der Waals surface area contributed by atoms with Crippen molar-refractivity contribution in [2.75, 3.05) is 14.1 Å². The van der Waals surface area contributed by atoms with Crippen LogP contribution in [0.1, 0.15) is 18.5 Å². The fourth-order valence-electron chi connectivity index (χ4n) is 2.87. The minimum absolute atomic E-state index is 0.0842. The topological polar surface area (TPSA) is 135 Å². The van der Waals surface area contributed by atoms with Crippen molar-refractivity contribution in [2.24, 2.45) is 0 Å². The quantitative estimate of drug-likeness (QED) is 0.442. The van der Waals surface area contributed by atoms with E-state index in [0.717, 1.165) is 12.1 Å². The number of hydrogen-bond acceptors (Lipinski definition) is 8. The van der Waals surface area contributed by atoms with E-state index in [1.54, 1.807) is 25.9 Å². The molecule has 1 heterocycles. The molecule has 0 bridgehead atoms. The van der Waals surface area contributed by atoms with Crippen molar-refractivity contribution in [1.82, 2.24) is 4.90 Å². The van der Waals surface area contributed by atoms with Gasteiger partial charge in [-0.1, -0.05) is 0 Å². The van der Waals surface area contributed by atoms with E-state index >= 15 is 0 Å². The van der Waals surface area contributed by atoms with Crippen molar-refractivity contribution in [3.05, 3.63) is 40.1 Å². The Bertz CT molecular complexity index is 1100. The smallest absolute Gasteiger partial charge is 0.238 e. The molecule has 142 valence electrons. The van der Waals surface area contributed by atoms with Gasteiger partial charge in [0.1, 0.15) is 16.9 Å². The highest BCUT2D eigenvalue weighted by molar-refractivity contribution is 5.91. The van der Waals surface area contributed by atoms with E-state index in [2.05, 4.69) is 0 Å². The number of phenolic OH excluding ortho intramolecular Hbond substituents is 4. The maximum atomic E-state index is 12.7. The van der Waals surface area contributed by atoms with E-state index in [-0.39, 0.29) is 45.4 Å². The predicted molar refractivity (Wildman–Crippen MR) is 98.3 cm³/mol. The van der Waals surface area contributed by atoms with Crippen LogP contribution in [0.5, 0.6) is 28.7 Å². The van der Waals surface area contributed by atoms with Crippen molar-refractivity contribution in [3.63, 3.8) is 0 Å². The molecule has 0 spiro atoms. The van der Waals surface area contributed by atoms with Gasteiger partial charge in [-0.2, -0.15) is 0 Å². The Kier molecular flexibility index (Phi) is 4.36. The molecule has 0 aliphatic carbocycles. The number of fused-ring (bicyclic) bond motifs is 1. The van der Waals surface area contributed by atoms with E-state index in [9.17, 15) is 30.3 Å². The minimum atomic E-state index is -0.886. The zero-order chi connectivity index (χ0) is 20.0. The maximum absolute atomic E-state index is 12.7. The first-order valence-electron chi connectivity index (χ1n) is 8.06. The van der Waals surface area contributed by atoms with Crippen LogP contribution in [0.15, 0.2) is 33.5 Å². The summed E-state index contributed by atoms with van der Waals surface area (Å²) in [6.07, 6.45) is 0. The number of nitrogens with zero attached hydrogens (tertiary/aromatic N) is 1. The van der Waals surface area contributed by atoms with Crippen LogP contribution in [-0.4, -0.2) is 44.5 Å². The van der Waals surface area contributed by atoms with Crippen molar-refractivity contribution in [1.29, 1.82) is 0 Å². The molecule has 0 fully saturated rings. The average Bonchev–Trinajstić information content (AvgIpc) is 2.59. The summed E-state index contributed by atoms with van der Waals surface area (Å²) in [5, 5.41) is 49.7. The second-order valence-corrected chi connectivity index (χ2v) is 6.48. The predicted octanol–water partition coefficient (Wildman–Crippen LogP) is 2.61. The van der Waals surface area contributed by atoms with Crippen LogP contribution in [-0.2, 0) is 0 Å². The third-order valence-corrected chi connectivity index (χ3v) is 4.57. The Labute approximate surface area is 153 Å². The zero-order valence-corrected chi connectivity index (χ0v) is 14.9. The molecule has 1 aromatic heterocycles. The lowest BCUT2D eigenvalue weighted by molar-refractivity contribution is 0.310. The highest BCUT2D eigenvalue weighted by Gasteiger charge is 2.26. The van der Waals surface area contributed by atoms with Gasteiger partial charge in [0.05, 0.1) is 5.56 Å². The molecule has 3 aromatic rings. The minimum Gasteiger partial charge on any atom is -0.507 e. The molecule has 2 aromatic carbocycles. The van der Waals surface area contributed by atoms with Gasteiger partial charge in [-0.05, 0) is 39.2 Å². The zero-order valence-electron chi connectivity index (χ0n) is 14.9. The largest absolute Gasteiger partial charge is 0.507 e. The van der Waals surface area contributed by atoms with Crippen LogP contribution in [0.25, 0.3) is 22.3 Å². The number of rotatable bonds is 3. The van der Waals surface area contributed by atoms with Gasteiger partial charge < -0.3 is 34.8 Å². The van der Waals surface area contributed by atoms with Gasteiger partial charge in [0.2, 0.25) is 11.2 Å². The first-order chi connectivity index (χ1) is 12.6. The molecule has 0 radical (unpaired) electrons. The fraction of sp³-hybridized carbons (Fsp3) is 0.211. The third-order valence-electron chi connectivity index (χ3n) is 4.57. The molecule has 0 amide bonds. The van der Waals surface area contributed by atoms with E-state index in [1.807, 2.05) is 0 Å². The lowest BCUT2D eigenvalue weighted by Gasteiger charge is -2.22. The van der Waals surface area contributed by atoms with Gasteiger partial charge in [0, 0.05) is 17.7 Å². The van der Waals surface area contributed by atoms with Gasteiger partial charge in [0.25, 0.3) is 0 Å². The maximum Gasteiger partial charge on any atom is 0.238 e. The highest BCUT2D eigenvalue weighted by atomic mass is 16.4. The Morgan fingerprint density at radius 3 is 2.19 bits per heavy atom. The van der Waals surface area contributed by atoms with Crippen LogP contribution in [0, 0.1) is 0 Å². The first kappa shape index (κ1) is 18.4. The molecule has 1 unspecified atom stereocenters. The average molecular weight is 373 g/mol. The van der Waals surface area contributed by atoms with Gasteiger partial charge in [-0.25, -0.2) is 0 Å². The Balaban J connectivity index is 2.45. The van der Waals surface area contributed by atoms with Crippen molar-refractivity contribution >= 4 is 11.0 Å². The number of benzene rings is 2. The summed E-state index contributed by atoms with van der Waals surface area (Å²) in [5.74, 6) is -2.66. The van der Waals surface area contributed by atoms with Crippen LogP contribution in [0.4, 0.5) is 0 Å². The lowest BCUT2D eigenvalue weighted by atomic mass is 10.0. The monoisotopic (exact) mass is 373 g/mol. The second kappa shape index (κ2) is 6.40. The molecular weight excluding hydrogens is 354 g/mol. The lowest BCUT2D eigenvalue weighted by Crippen LogP contribution is -2.18. The summed E-state index contributed by atoms with van der Waals surface area (Å²) in [6.45, 7) is 1.77. The molecule has 0 aliphatic heterocycles. The summed E-state index contributed by atoms with van der Waals surface area (Å²) in [4.78, 5) is 14.4. The van der Waals surface area contributed by atoms with Gasteiger partial charge in [-0.15, -0.1) is 0 Å². The third kappa shape index (κ3) is 2.89. The summed E-state index contributed by atoms with van der Waals surface area (Å²) < 4.78 is 5.73. The van der Waals surface area contributed by atoms with E-state index < -0.39 is 22.7 Å². The molecule has 27 heavy (non-hydrogen) atoms. The van der Waals surface area contributed by atoms with Crippen LogP contribution in [0.2, 0.25) is 0 Å². The van der Waals surface area contributed by atoms with E-state index in [0.29, 0.717) is 0 Å². The van der Waals surface area contributed by atoms with Crippen molar-refractivity contribution in [2.45, 2.75) is 13.0 Å². The van der Waals surface area contributed by atoms with Crippen molar-refractivity contribution < 1.29 is 29.9 Å². The summed E-state index contributed by atoms with van der Waals surface area (Å²) >= 11 is 0. The first-order valence-corrected chi connectivity index (χ1v) is 8.06. The van der Waals surface area contributed by atoms with Gasteiger partial charge in [0.15, 0.2) is 22.8 Å². The van der Waals surface area contributed by atoms with E-state index in [4.69, 9.17) is 4.42 Å². The number of aromatic hydroxyl groups is 5. The van der Waals surface area contributed by atoms with Crippen LogP contribution < -0.4 is 5.43 Å². The Morgan fingerprint density at radius 2 is 1.59 bits per heavy atom. The number of phenols is 4. The molecule has 3 rings (SSSR count). The van der Waals surface area contributed by atoms with Crippen LogP contribution >= 0.6 is 0 Å². The molecule has 0 saturated carbocycles. The molecule has 0 aliphatic rings. The molecule has 5 N–H and O–H groups in total. The van der Waals surface area contributed by atoms with Crippen LogP contribution in [0.3, 0.4) is 0 Å². The van der Waals surface area contributed by atoms with Crippen molar-refractivity contribution in [3.8, 4) is 40.1 Å². The molecule has 8 nitrogen and oxygen atoms in total. The van der Waals surface area contributed by atoms with Gasteiger partial charge in [-0.3, -0.25) is 4.79 Å². The standard InChI is InChI=1S/C19H19NO7/c1-8(20(2)3)14-12(23)7-13(24)15-16(25)17(26)18(27-19(14)15)9-4-5-10(21)11(22)6-9/h4-8,21-24,26H,1-3H3. The molecule has 8 heteroatoms. The fourth-order valence-corrected chi connectivity index (χ4v) is 2.87. The molecule has 0 saturated heterocycles. The normalized spacial score (nSPS) is 12.6. The molecular formula is C19H19NO7. The Morgan fingerprint density at radius 1 is 0.926 bits per heavy atom. The summed E-state index contributed by atoms with van der Waals surface area (Å²) in [6, 6.07) is 4.28. The Hall–Kier alpha value is -3.39. The SMILES string of the molecule is CC(c1c(O)cc(O)c2c(=O)c(O)c(-c3ccc(O)c(O)c3)oc12)N(C)C. The summed E-state index contributed by atoms with van der Waals surface area (Å²) in [5.41, 5.74) is -0.579. The van der Waals surface area contributed by atoms with Gasteiger partial charge >= 0.3 is 0 Å². The highest BCUT2D eigenvalue weighted by Crippen LogP contribution is 2.42. The number of hydrogen-bond donors (Lipinski definition) is 5. The van der Waals surface area contributed by atoms with E-state index in [1.165, 1.54) is 12.1 Å². The second-order valence-electron chi connectivity index (χ2n) is 6.48.